The second kappa shape index (κ2) is 12.8. The van der Waals surface area contributed by atoms with Gasteiger partial charge >= 0.3 is 12.0 Å². The van der Waals surface area contributed by atoms with Gasteiger partial charge in [-0.25, -0.2) is 9.78 Å². The SMILES string of the molecule is Cc1ccc(NC(=O)Nc2ccc(-c3ccc(C(=O)CC(CCc4ccccc4)C(=O)O)cc3)c(C)n2)c(C)c1. The van der Waals surface area contributed by atoms with E-state index in [1.807, 2.05) is 87.5 Å². The Morgan fingerprint density at radius 2 is 1.57 bits per heavy atom. The second-order valence-electron chi connectivity index (χ2n) is 9.99. The highest BCUT2D eigenvalue weighted by Gasteiger charge is 2.22. The third-order valence-electron chi connectivity index (χ3n) is 6.88. The van der Waals surface area contributed by atoms with Gasteiger partial charge in [0.25, 0.3) is 0 Å². The number of carboxylic acids is 1. The predicted octanol–water partition coefficient (Wildman–Crippen LogP) is 7.22. The molecule has 4 rings (SSSR count). The molecule has 2 amide bonds. The number of rotatable bonds is 10. The summed E-state index contributed by atoms with van der Waals surface area (Å²) in [7, 11) is 0. The molecule has 1 atom stereocenters. The van der Waals surface area contributed by atoms with E-state index >= 15 is 0 Å². The molecule has 0 spiro atoms. The van der Waals surface area contributed by atoms with Crippen molar-refractivity contribution in [1.82, 2.24) is 4.98 Å². The zero-order valence-corrected chi connectivity index (χ0v) is 22.9. The minimum absolute atomic E-state index is 0.0490. The number of aryl methyl sites for hydroxylation is 4. The number of pyridine rings is 1. The van der Waals surface area contributed by atoms with Gasteiger partial charge in [0.1, 0.15) is 5.82 Å². The first kappa shape index (κ1) is 28.2. The van der Waals surface area contributed by atoms with Gasteiger partial charge in [-0.05, 0) is 68.5 Å². The number of amides is 2. The molecule has 4 aromatic rings. The molecule has 0 aliphatic heterocycles. The number of aromatic nitrogens is 1. The molecule has 40 heavy (non-hydrogen) atoms. The number of anilines is 2. The summed E-state index contributed by atoms with van der Waals surface area (Å²) < 4.78 is 0. The maximum atomic E-state index is 12.9. The van der Waals surface area contributed by atoms with Crippen molar-refractivity contribution in [2.75, 3.05) is 10.6 Å². The van der Waals surface area contributed by atoms with Crippen LogP contribution in [0, 0.1) is 26.7 Å². The minimum Gasteiger partial charge on any atom is -0.481 e. The standard InChI is InChI=1S/C33H33N3O4/c1-21-9-17-29(22(2)19-21)35-33(40)36-31-18-16-28(23(3)34-31)25-12-14-26(15-13-25)30(37)20-27(32(38)39)11-10-24-7-5-4-6-8-24/h4-9,12-19,27H,10-11,20H2,1-3H3,(H,38,39)(H2,34,35,36,40). The molecular weight excluding hydrogens is 502 g/mol. The fourth-order valence-electron chi connectivity index (χ4n) is 4.64. The van der Waals surface area contributed by atoms with E-state index in [2.05, 4.69) is 15.6 Å². The van der Waals surface area contributed by atoms with Crippen molar-refractivity contribution >= 4 is 29.3 Å². The third kappa shape index (κ3) is 7.41. The van der Waals surface area contributed by atoms with Gasteiger partial charge in [0.05, 0.1) is 5.92 Å². The Labute approximate surface area is 234 Å². The number of carboxylic acid groups (broad SMARTS) is 1. The van der Waals surface area contributed by atoms with Gasteiger partial charge in [-0.3, -0.25) is 14.9 Å². The fourth-order valence-corrected chi connectivity index (χ4v) is 4.64. The van der Waals surface area contributed by atoms with E-state index in [1.54, 1.807) is 18.2 Å². The van der Waals surface area contributed by atoms with E-state index in [4.69, 9.17) is 0 Å². The summed E-state index contributed by atoms with van der Waals surface area (Å²) in [4.78, 5) is 41.7. The average Bonchev–Trinajstić information content (AvgIpc) is 2.93. The van der Waals surface area contributed by atoms with Gasteiger partial charge in [0, 0.05) is 28.9 Å². The van der Waals surface area contributed by atoms with Crippen molar-refractivity contribution in [3.63, 3.8) is 0 Å². The summed E-state index contributed by atoms with van der Waals surface area (Å²) in [5, 5.41) is 15.3. The Hall–Kier alpha value is -4.78. The number of carbonyl (C=O) groups excluding carboxylic acids is 2. The van der Waals surface area contributed by atoms with E-state index < -0.39 is 11.9 Å². The van der Waals surface area contributed by atoms with Crippen LogP contribution < -0.4 is 10.6 Å². The Balaban J connectivity index is 1.37. The lowest BCUT2D eigenvalue weighted by Gasteiger charge is -2.13. The number of hydrogen-bond donors (Lipinski definition) is 3. The maximum absolute atomic E-state index is 12.9. The lowest BCUT2D eigenvalue weighted by molar-refractivity contribution is -0.141. The lowest BCUT2D eigenvalue weighted by Crippen LogP contribution is -2.20. The number of Topliss-reactive ketones (excluding diaryl/α,β-unsaturated/α-hetero) is 1. The fraction of sp³-hybridized carbons (Fsp3) is 0.212. The molecule has 3 aromatic carbocycles. The summed E-state index contributed by atoms with van der Waals surface area (Å²) >= 11 is 0. The second-order valence-corrected chi connectivity index (χ2v) is 9.99. The molecule has 1 unspecified atom stereocenters. The highest BCUT2D eigenvalue weighted by molar-refractivity contribution is 6.00. The van der Waals surface area contributed by atoms with E-state index in [9.17, 15) is 19.5 Å². The normalized spacial score (nSPS) is 11.5. The van der Waals surface area contributed by atoms with Crippen molar-refractivity contribution < 1.29 is 19.5 Å². The van der Waals surface area contributed by atoms with E-state index in [-0.39, 0.29) is 18.2 Å². The summed E-state index contributed by atoms with van der Waals surface area (Å²) in [5.41, 5.74) is 6.81. The summed E-state index contributed by atoms with van der Waals surface area (Å²) in [6.45, 7) is 5.79. The molecule has 7 heteroatoms. The molecule has 204 valence electrons. The highest BCUT2D eigenvalue weighted by atomic mass is 16.4. The highest BCUT2D eigenvalue weighted by Crippen LogP contribution is 2.26. The van der Waals surface area contributed by atoms with Crippen LogP contribution in [0.2, 0.25) is 0 Å². The van der Waals surface area contributed by atoms with Gasteiger partial charge in [-0.2, -0.15) is 0 Å². The third-order valence-corrected chi connectivity index (χ3v) is 6.88. The van der Waals surface area contributed by atoms with Crippen molar-refractivity contribution in [2.45, 2.75) is 40.0 Å². The number of nitrogens with one attached hydrogen (secondary N) is 2. The molecular formula is C33H33N3O4. The van der Waals surface area contributed by atoms with Crippen LogP contribution in [-0.4, -0.2) is 27.9 Å². The van der Waals surface area contributed by atoms with Gasteiger partial charge in [0.2, 0.25) is 0 Å². The molecule has 0 fully saturated rings. The van der Waals surface area contributed by atoms with E-state index in [0.29, 0.717) is 24.2 Å². The Bertz CT molecular complexity index is 1510. The molecule has 1 aromatic heterocycles. The average molecular weight is 536 g/mol. The van der Waals surface area contributed by atoms with Crippen LogP contribution >= 0.6 is 0 Å². The van der Waals surface area contributed by atoms with Crippen LogP contribution in [0.1, 0.15) is 45.6 Å². The number of urea groups is 1. The molecule has 0 aliphatic rings. The van der Waals surface area contributed by atoms with Crippen molar-refractivity contribution in [3.8, 4) is 11.1 Å². The van der Waals surface area contributed by atoms with Crippen molar-refractivity contribution in [1.29, 1.82) is 0 Å². The molecule has 0 radical (unpaired) electrons. The Morgan fingerprint density at radius 3 is 2.23 bits per heavy atom. The molecule has 7 nitrogen and oxygen atoms in total. The monoisotopic (exact) mass is 535 g/mol. The summed E-state index contributed by atoms with van der Waals surface area (Å²) in [5.74, 6) is -1.48. The van der Waals surface area contributed by atoms with Gasteiger partial charge < -0.3 is 10.4 Å². The van der Waals surface area contributed by atoms with Gasteiger partial charge in [-0.1, -0.05) is 72.3 Å². The quantitative estimate of drug-likeness (QED) is 0.186. The van der Waals surface area contributed by atoms with E-state index in [1.165, 1.54) is 0 Å². The van der Waals surface area contributed by atoms with Crippen LogP contribution in [0.5, 0.6) is 0 Å². The lowest BCUT2D eigenvalue weighted by atomic mass is 9.92. The first-order valence-electron chi connectivity index (χ1n) is 13.2. The predicted molar refractivity (Wildman–Crippen MR) is 158 cm³/mol. The minimum atomic E-state index is -0.959. The number of carbonyl (C=O) groups is 3. The Morgan fingerprint density at radius 1 is 0.850 bits per heavy atom. The van der Waals surface area contributed by atoms with Crippen LogP contribution in [0.4, 0.5) is 16.3 Å². The van der Waals surface area contributed by atoms with Crippen LogP contribution in [0.3, 0.4) is 0 Å². The molecule has 0 bridgehead atoms. The van der Waals surface area contributed by atoms with Crippen LogP contribution in [-0.2, 0) is 11.2 Å². The molecule has 3 N–H and O–H groups in total. The topological polar surface area (TPSA) is 108 Å². The maximum Gasteiger partial charge on any atom is 0.324 e. The number of hydrogen-bond acceptors (Lipinski definition) is 4. The number of nitrogens with zero attached hydrogens (tertiary/aromatic N) is 1. The zero-order chi connectivity index (χ0) is 28.6. The molecule has 0 saturated carbocycles. The Kier molecular flexibility index (Phi) is 9.07. The zero-order valence-electron chi connectivity index (χ0n) is 22.9. The largest absolute Gasteiger partial charge is 0.481 e. The van der Waals surface area contributed by atoms with Crippen LogP contribution in [0.25, 0.3) is 11.1 Å². The molecule has 1 heterocycles. The molecule has 0 saturated heterocycles. The van der Waals surface area contributed by atoms with E-state index in [0.717, 1.165) is 39.2 Å². The van der Waals surface area contributed by atoms with Crippen LogP contribution in [0.15, 0.2) is 84.9 Å². The van der Waals surface area contributed by atoms with Crippen molar-refractivity contribution in [2.24, 2.45) is 5.92 Å². The smallest absolute Gasteiger partial charge is 0.324 e. The van der Waals surface area contributed by atoms with Gasteiger partial charge in [0.15, 0.2) is 5.78 Å². The first-order valence-corrected chi connectivity index (χ1v) is 13.2. The number of ketones is 1. The van der Waals surface area contributed by atoms with Gasteiger partial charge in [-0.15, -0.1) is 0 Å². The summed E-state index contributed by atoms with van der Waals surface area (Å²) in [6, 6.07) is 25.8. The first-order chi connectivity index (χ1) is 19.2. The summed E-state index contributed by atoms with van der Waals surface area (Å²) in [6.07, 6.45) is 0.956. The molecule has 0 aliphatic carbocycles. The number of benzene rings is 3. The van der Waals surface area contributed by atoms with Crippen molar-refractivity contribution in [3.05, 3.63) is 113 Å². The number of aliphatic carboxylic acids is 1.